The van der Waals surface area contributed by atoms with Crippen molar-refractivity contribution in [1.82, 2.24) is 5.32 Å². The van der Waals surface area contributed by atoms with Crippen LogP contribution in [0.3, 0.4) is 0 Å². The van der Waals surface area contributed by atoms with Crippen molar-refractivity contribution in [1.29, 1.82) is 5.26 Å². The molecule has 1 aromatic carbocycles. The molecule has 1 unspecified atom stereocenters. The number of rotatable bonds is 4. The molecule has 1 atom stereocenters. The van der Waals surface area contributed by atoms with E-state index in [9.17, 15) is 9.18 Å². The van der Waals surface area contributed by atoms with Gasteiger partial charge in [0.1, 0.15) is 5.82 Å². The fourth-order valence-corrected chi connectivity index (χ4v) is 2.48. The van der Waals surface area contributed by atoms with Crippen molar-refractivity contribution in [2.24, 2.45) is 0 Å². The highest BCUT2D eigenvalue weighted by molar-refractivity contribution is 5.77. The maximum atomic E-state index is 12.8. The number of carbonyl (C=O) groups is 1. The average Bonchev–Trinajstić information content (AvgIpc) is 2.90. The second kappa shape index (κ2) is 6.33. The summed E-state index contributed by atoms with van der Waals surface area (Å²) in [5.41, 5.74) is 0.686. The van der Waals surface area contributed by atoms with Gasteiger partial charge in [-0.15, -0.1) is 0 Å². The van der Waals surface area contributed by atoms with Crippen LogP contribution in [0.4, 0.5) is 4.39 Å². The lowest BCUT2D eigenvalue weighted by Crippen LogP contribution is -2.33. The lowest BCUT2D eigenvalue weighted by atomic mass is 9.96. The lowest BCUT2D eigenvalue weighted by Gasteiger charge is -2.14. The number of benzene rings is 1. The molecular formula is C15H17FN2O. The van der Waals surface area contributed by atoms with Crippen LogP contribution in [0.25, 0.3) is 0 Å². The second-order valence-electron chi connectivity index (χ2n) is 4.99. The van der Waals surface area contributed by atoms with Gasteiger partial charge in [0.25, 0.3) is 0 Å². The number of nitrogens with one attached hydrogen (secondary N) is 1. The normalized spacial score (nSPS) is 16.8. The largest absolute Gasteiger partial charge is 0.353 e. The molecule has 4 heteroatoms. The molecule has 100 valence electrons. The van der Waals surface area contributed by atoms with E-state index >= 15 is 0 Å². The molecule has 1 amide bonds. The summed E-state index contributed by atoms with van der Waals surface area (Å²) in [5.74, 6) is -0.944. The van der Waals surface area contributed by atoms with E-state index in [2.05, 4.69) is 11.4 Å². The summed E-state index contributed by atoms with van der Waals surface area (Å²) >= 11 is 0. The molecule has 1 N–H and O–H groups in total. The zero-order valence-corrected chi connectivity index (χ0v) is 10.7. The Hall–Kier alpha value is -1.89. The molecule has 0 aromatic heterocycles. The van der Waals surface area contributed by atoms with Crippen molar-refractivity contribution in [3.63, 3.8) is 0 Å². The van der Waals surface area contributed by atoms with Crippen LogP contribution in [0.2, 0.25) is 0 Å². The number of amides is 1. The van der Waals surface area contributed by atoms with E-state index in [4.69, 9.17) is 5.26 Å². The van der Waals surface area contributed by atoms with Crippen LogP contribution in [0.5, 0.6) is 0 Å². The van der Waals surface area contributed by atoms with Gasteiger partial charge in [-0.25, -0.2) is 4.39 Å². The first-order chi connectivity index (χ1) is 9.19. The predicted molar refractivity (Wildman–Crippen MR) is 69.8 cm³/mol. The van der Waals surface area contributed by atoms with E-state index in [1.165, 1.54) is 12.1 Å². The molecule has 1 aliphatic rings. The van der Waals surface area contributed by atoms with Gasteiger partial charge in [0.15, 0.2) is 0 Å². The number of nitrogens with zero attached hydrogens (tertiary/aromatic N) is 1. The summed E-state index contributed by atoms with van der Waals surface area (Å²) in [6, 6.07) is 8.13. The minimum absolute atomic E-state index is 0.0947. The molecule has 0 bridgehead atoms. The third-order valence-electron chi connectivity index (χ3n) is 3.54. The highest BCUT2D eigenvalue weighted by Gasteiger charge is 2.20. The van der Waals surface area contributed by atoms with Crippen molar-refractivity contribution in [2.45, 2.75) is 44.1 Å². The first-order valence-corrected chi connectivity index (χ1v) is 6.63. The summed E-state index contributed by atoms with van der Waals surface area (Å²) in [6.07, 6.45) is 4.51. The lowest BCUT2D eigenvalue weighted by molar-refractivity contribution is -0.121. The minimum Gasteiger partial charge on any atom is -0.353 e. The van der Waals surface area contributed by atoms with Crippen LogP contribution >= 0.6 is 0 Å². The van der Waals surface area contributed by atoms with Crippen LogP contribution < -0.4 is 5.32 Å². The van der Waals surface area contributed by atoms with Crippen molar-refractivity contribution in [2.75, 3.05) is 0 Å². The summed E-state index contributed by atoms with van der Waals surface area (Å²) in [7, 11) is 0. The minimum atomic E-state index is -0.512. The van der Waals surface area contributed by atoms with Gasteiger partial charge in [0.05, 0.1) is 12.0 Å². The first kappa shape index (κ1) is 13.5. The van der Waals surface area contributed by atoms with Crippen molar-refractivity contribution in [3.05, 3.63) is 35.6 Å². The number of halogens is 1. The van der Waals surface area contributed by atoms with Gasteiger partial charge in [-0.3, -0.25) is 4.79 Å². The monoisotopic (exact) mass is 260 g/mol. The summed E-state index contributed by atoms with van der Waals surface area (Å²) in [5, 5.41) is 12.1. The molecule has 1 aromatic rings. The summed E-state index contributed by atoms with van der Waals surface area (Å²) < 4.78 is 12.8. The van der Waals surface area contributed by atoms with Crippen molar-refractivity contribution >= 4 is 5.91 Å². The van der Waals surface area contributed by atoms with E-state index in [1.807, 2.05) is 0 Å². The Bertz CT molecular complexity index is 472. The first-order valence-electron chi connectivity index (χ1n) is 6.63. The van der Waals surface area contributed by atoms with Gasteiger partial charge in [-0.1, -0.05) is 25.0 Å². The smallest absolute Gasteiger partial charge is 0.221 e. The second-order valence-corrected chi connectivity index (χ2v) is 4.99. The molecule has 0 saturated heterocycles. The molecule has 19 heavy (non-hydrogen) atoms. The standard InChI is InChI=1S/C15H17FN2O/c16-13-7-5-11(6-8-13)12(10-17)9-15(19)18-14-3-1-2-4-14/h5-8,12,14H,1-4,9H2,(H,18,19). The zero-order valence-electron chi connectivity index (χ0n) is 10.7. The number of hydrogen-bond acceptors (Lipinski definition) is 2. The third-order valence-corrected chi connectivity index (χ3v) is 3.54. The number of carbonyl (C=O) groups excluding carboxylic acids is 1. The molecule has 2 rings (SSSR count). The fraction of sp³-hybridized carbons (Fsp3) is 0.467. The zero-order chi connectivity index (χ0) is 13.7. The van der Waals surface area contributed by atoms with Gasteiger partial charge in [-0.2, -0.15) is 5.26 Å². The Morgan fingerprint density at radius 2 is 2.00 bits per heavy atom. The third kappa shape index (κ3) is 3.78. The van der Waals surface area contributed by atoms with Crippen LogP contribution in [-0.2, 0) is 4.79 Å². The van der Waals surface area contributed by atoms with E-state index in [0.29, 0.717) is 5.56 Å². The van der Waals surface area contributed by atoms with Gasteiger partial charge >= 0.3 is 0 Å². The quantitative estimate of drug-likeness (QED) is 0.905. The molecule has 0 heterocycles. The van der Waals surface area contributed by atoms with Crippen LogP contribution in [-0.4, -0.2) is 11.9 Å². The maximum Gasteiger partial charge on any atom is 0.221 e. The SMILES string of the molecule is N#CC(CC(=O)NC1CCCC1)c1ccc(F)cc1. The highest BCUT2D eigenvalue weighted by Crippen LogP contribution is 2.21. The number of hydrogen-bond donors (Lipinski definition) is 1. The Balaban J connectivity index is 1.93. The van der Waals surface area contributed by atoms with Crippen molar-refractivity contribution < 1.29 is 9.18 Å². The van der Waals surface area contributed by atoms with E-state index in [-0.39, 0.29) is 24.2 Å². The molecule has 1 fully saturated rings. The molecule has 0 aliphatic heterocycles. The molecule has 0 radical (unpaired) electrons. The van der Waals surface area contributed by atoms with Crippen molar-refractivity contribution in [3.8, 4) is 6.07 Å². The predicted octanol–water partition coefficient (Wildman–Crippen LogP) is 2.88. The van der Waals surface area contributed by atoms with E-state index in [0.717, 1.165) is 25.7 Å². The highest BCUT2D eigenvalue weighted by atomic mass is 19.1. The van der Waals surface area contributed by atoms with E-state index in [1.54, 1.807) is 12.1 Å². The van der Waals surface area contributed by atoms with E-state index < -0.39 is 5.92 Å². The summed E-state index contributed by atoms with van der Waals surface area (Å²) in [6.45, 7) is 0. The summed E-state index contributed by atoms with van der Waals surface area (Å²) in [4.78, 5) is 11.9. The molecule has 1 saturated carbocycles. The maximum absolute atomic E-state index is 12.8. The van der Waals surface area contributed by atoms with Crippen LogP contribution in [0, 0.1) is 17.1 Å². The van der Waals surface area contributed by atoms with Crippen LogP contribution in [0.15, 0.2) is 24.3 Å². The Labute approximate surface area is 112 Å². The van der Waals surface area contributed by atoms with Gasteiger partial charge in [0, 0.05) is 12.5 Å². The molecule has 1 aliphatic carbocycles. The average molecular weight is 260 g/mol. The molecular weight excluding hydrogens is 243 g/mol. The molecule has 3 nitrogen and oxygen atoms in total. The van der Waals surface area contributed by atoms with Gasteiger partial charge < -0.3 is 5.32 Å². The van der Waals surface area contributed by atoms with Gasteiger partial charge in [-0.05, 0) is 30.5 Å². The Kier molecular flexibility index (Phi) is 4.51. The Morgan fingerprint density at radius 3 is 2.58 bits per heavy atom. The Morgan fingerprint density at radius 1 is 1.37 bits per heavy atom. The fourth-order valence-electron chi connectivity index (χ4n) is 2.48. The molecule has 0 spiro atoms. The van der Waals surface area contributed by atoms with Crippen LogP contribution in [0.1, 0.15) is 43.6 Å². The number of nitriles is 1. The topological polar surface area (TPSA) is 52.9 Å². The van der Waals surface area contributed by atoms with Gasteiger partial charge in [0.2, 0.25) is 5.91 Å².